The quantitative estimate of drug-likeness (QED) is 0.379. The van der Waals surface area contributed by atoms with E-state index in [2.05, 4.69) is 24.6 Å². The van der Waals surface area contributed by atoms with E-state index in [1.807, 2.05) is 38.5 Å². The molecule has 0 N–H and O–H groups in total. The molecule has 7 nitrogen and oxygen atoms in total. The number of aromatic nitrogens is 2. The fourth-order valence-electron chi connectivity index (χ4n) is 3.22. The fraction of sp³-hybridized carbons (Fsp3) is 0.619. The predicted octanol–water partition coefficient (Wildman–Crippen LogP) is 3.43. The lowest BCUT2D eigenvalue weighted by Gasteiger charge is -2.32. The number of nitrogens with zero attached hydrogens (tertiary/aromatic N) is 2. The van der Waals surface area contributed by atoms with Gasteiger partial charge in [0, 0.05) is 37.9 Å². The molecule has 0 aromatic carbocycles. The second-order valence-electron chi connectivity index (χ2n) is 10.1. The zero-order valence-electron chi connectivity index (χ0n) is 19.4. The third-order valence-corrected chi connectivity index (χ3v) is 7.60. The number of methoxy groups -OCH3 is 1. The Hall–Kier alpha value is -1.68. The van der Waals surface area contributed by atoms with Crippen molar-refractivity contribution in [3.05, 3.63) is 24.0 Å². The number of rotatable bonds is 7. The van der Waals surface area contributed by atoms with Crippen LogP contribution in [0, 0.1) is 0 Å². The molecule has 30 heavy (non-hydrogen) atoms. The number of hydrogen-bond donors (Lipinski definition) is 0. The molecule has 1 saturated heterocycles. The summed E-state index contributed by atoms with van der Waals surface area (Å²) in [5, 5.41) is 0.796. The van der Waals surface area contributed by atoms with Gasteiger partial charge in [-0.2, -0.15) is 0 Å². The van der Waals surface area contributed by atoms with Gasteiger partial charge in [-0.05, 0) is 39.8 Å². The lowest BCUT2D eigenvalue weighted by Crippen LogP contribution is -2.41. The van der Waals surface area contributed by atoms with Crippen LogP contribution in [0.5, 0.6) is 0 Å². The highest BCUT2D eigenvalue weighted by Crippen LogP contribution is 2.37. The number of pyridine rings is 1. The minimum Gasteiger partial charge on any atom is -0.465 e. The standard InChI is InChI=1S/C21H33BN2O5Si/c1-20(2)21(3,4)29-22(28-20)17-13-24(14-27-9-10-30(6,7)8)18-16(17)11-15(12-23-18)19(25)26-5/h11-13H,9-10,14H2,1-8H3. The van der Waals surface area contributed by atoms with Crippen molar-refractivity contribution in [2.24, 2.45) is 0 Å². The van der Waals surface area contributed by atoms with Gasteiger partial charge in [-0.1, -0.05) is 19.6 Å². The van der Waals surface area contributed by atoms with E-state index in [9.17, 15) is 4.79 Å². The Bertz CT molecular complexity index is 919. The van der Waals surface area contributed by atoms with E-state index in [0.29, 0.717) is 18.9 Å². The van der Waals surface area contributed by atoms with E-state index >= 15 is 0 Å². The monoisotopic (exact) mass is 432 g/mol. The largest absolute Gasteiger partial charge is 0.497 e. The van der Waals surface area contributed by atoms with Crippen LogP contribution < -0.4 is 5.46 Å². The fourth-order valence-corrected chi connectivity index (χ4v) is 3.98. The van der Waals surface area contributed by atoms with Crippen molar-refractivity contribution >= 4 is 37.7 Å². The Morgan fingerprint density at radius 3 is 2.40 bits per heavy atom. The van der Waals surface area contributed by atoms with E-state index in [1.54, 1.807) is 6.07 Å². The van der Waals surface area contributed by atoms with Crippen LogP contribution in [-0.2, 0) is 25.5 Å². The predicted molar refractivity (Wildman–Crippen MR) is 121 cm³/mol. The van der Waals surface area contributed by atoms with Crippen molar-refractivity contribution in [1.29, 1.82) is 0 Å². The molecular formula is C21H33BN2O5Si. The van der Waals surface area contributed by atoms with Gasteiger partial charge in [0.05, 0.1) is 23.9 Å². The first-order valence-electron chi connectivity index (χ1n) is 10.4. The molecule has 0 unspecified atom stereocenters. The van der Waals surface area contributed by atoms with Crippen molar-refractivity contribution in [2.75, 3.05) is 13.7 Å². The normalized spacial score (nSPS) is 18.2. The summed E-state index contributed by atoms with van der Waals surface area (Å²) in [6, 6.07) is 2.88. The number of carbonyl (C=O) groups is 1. The maximum absolute atomic E-state index is 12.1. The molecule has 9 heteroatoms. The minimum atomic E-state index is -1.16. The smallest absolute Gasteiger partial charge is 0.465 e. The van der Waals surface area contributed by atoms with Gasteiger partial charge in [0.2, 0.25) is 0 Å². The van der Waals surface area contributed by atoms with Gasteiger partial charge >= 0.3 is 13.1 Å². The number of ether oxygens (including phenoxy) is 2. The molecule has 0 atom stereocenters. The second-order valence-corrected chi connectivity index (χ2v) is 15.7. The number of esters is 1. The van der Waals surface area contributed by atoms with Gasteiger partial charge in [-0.25, -0.2) is 9.78 Å². The van der Waals surface area contributed by atoms with Gasteiger partial charge in [-0.3, -0.25) is 0 Å². The van der Waals surface area contributed by atoms with Crippen molar-refractivity contribution in [1.82, 2.24) is 9.55 Å². The summed E-state index contributed by atoms with van der Waals surface area (Å²) < 4.78 is 25.3. The van der Waals surface area contributed by atoms with Crippen LogP contribution in [0.2, 0.25) is 25.7 Å². The van der Waals surface area contributed by atoms with Crippen molar-refractivity contribution in [3.8, 4) is 0 Å². The lowest BCUT2D eigenvalue weighted by atomic mass is 9.79. The zero-order valence-corrected chi connectivity index (χ0v) is 20.4. The molecule has 2 aromatic rings. The lowest BCUT2D eigenvalue weighted by molar-refractivity contribution is 0.00578. The van der Waals surface area contributed by atoms with Crippen molar-refractivity contribution in [2.45, 2.75) is 71.3 Å². The van der Waals surface area contributed by atoms with Crippen molar-refractivity contribution in [3.63, 3.8) is 0 Å². The Balaban J connectivity index is 1.95. The minimum absolute atomic E-state index is 0.380. The summed E-state index contributed by atoms with van der Waals surface area (Å²) in [4.78, 5) is 16.6. The molecule has 0 aliphatic carbocycles. The summed E-state index contributed by atoms with van der Waals surface area (Å²) in [7, 11) is -0.362. The van der Waals surface area contributed by atoms with Gasteiger partial charge in [0.1, 0.15) is 12.4 Å². The summed E-state index contributed by atoms with van der Waals surface area (Å²) in [5.74, 6) is -0.427. The first-order chi connectivity index (χ1) is 13.8. The van der Waals surface area contributed by atoms with E-state index in [4.69, 9.17) is 18.8 Å². The molecule has 1 aliphatic rings. The van der Waals surface area contributed by atoms with Gasteiger partial charge in [-0.15, -0.1) is 0 Å². The maximum Gasteiger partial charge on any atom is 0.497 e. The van der Waals surface area contributed by atoms with Crippen LogP contribution in [0.1, 0.15) is 38.1 Å². The Kier molecular flexibility index (Phi) is 6.21. The molecule has 164 valence electrons. The Labute approximate surface area is 180 Å². The highest BCUT2D eigenvalue weighted by Gasteiger charge is 2.52. The van der Waals surface area contributed by atoms with Crippen LogP contribution in [0.25, 0.3) is 11.0 Å². The zero-order chi connectivity index (χ0) is 22.3. The number of hydrogen-bond acceptors (Lipinski definition) is 6. The molecule has 3 heterocycles. The topological polar surface area (TPSA) is 71.8 Å². The van der Waals surface area contributed by atoms with E-state index in [1.165, 1.54) is 13.3 Å². The third kappa shape index (κ3) is 4.64. The SMILES string of the molecule is COC(=O)c1cnc2c(c1)c(B1OC(C)(C)C(C)(C)O1)cn2COCC[Si](C)(C)C. The highest BCUT2D eigenvalue weighted by atomic mass is 28.3. The molecule has 2 aromatic heterocycles. The molecule has 0 spiro atoms. The molecular weight excluding hydrogens is 399 g/mol. The molecule has 3 rings (SSSR count). The average molecular weight is 432 g/mol. The van der Waals surface area contributed by atoms with Crippen LogP contribution >= 0.6 is 0 Å². The molecule has 1 fully saturated rings. The molecule has 0 amide bonds. The molecule has 0 radical (unpaired) electrons. The summed E-state index contributed by atoms with van der Waals surface area (Å²) >= 11 is 0. The first kappa shape index (κ1) is 23.0. The third-order valence-electron chi connectivity index (χ3n) is 5.90. The number of carbonyl (C=O) groups excluding carboxylic acids is 1. The average Bonchev–Trinajstić information content (AvgIpc) is 3.10. The summed E-state index contributed by atoms with van der Waals surface area (Å²) in [6.45, 7) is 16.1. The highest BCUT2D eigenvalue weighted by molar-refractivity contribution is 6.76. The van der Waals surface area contributed by atoms with Crippen LogP contribution in [0.15, 0.2) is 18.5 Å². The van der Waals surface area contributed by atoms with Crippen molar-refractivity contribution < 1.29 is 23.6 Å². The molecule has 1 aliphatic heterocycles. The van der Waals surface area contributed by atoms with Gasteiger partial charge < -0.3 is 23.3 Å². The van der Waals surface area contributed by atoms with Gasteiger partial charge in [0.25, 0.3) is 0 Å². The van der Waals surface area contributed by atoms with E-state index in [-0.39, 0.29) is 0 Å². The van der Waals surface area contributed by atoms with E-state index < -0.39 is 32.4 Å². The van der Waals surface area contributed by atoms with Gasteiger partial charge in [0.15, 0.2) is 0 Å². The van der Waals surface area contributed by atoms with Crippen LogP contribution in [-0.4, -0.2) is 55.6 Å². The van der Waals surface area contributed by atoms with Crippen LogP contribution in [0.3, 0.4) is 0 Å². The second kappa shape index (κ2) is 8.11. The number of fused-ring (bicyclic) bond motifs is 1. The van der Waals surface area contributed by atoms with Crippen LogP contribution in [0.4, 0.5) is 0 Å². The first-order valence-corrected chi connectivity index (χ1v) is 14.1. The van der Waals surface area contributed by atoms with E-state index in [0.717, 1.165) is 22.5 Å². The summed E-state index contributed by atoms with van der Waals surface area (Å²) in [6.07, 6.45) is 3.48. The summed E-state index contributed by atoms with van der Waals surface area (Å²) in [5.41, 5.74) is 1.01. The molecule has 0 saturated carbocycles. The Morgan fingerprint density at radius 2 is 1.83 bits per heavy atom. The molecule has 0 bridgehead atoms. The Morgan fingerprint density at radius 1 is 1.20 bits per heavy atom. The maximum atomic E-state index is 12.1.